The fourth-order valence-electron chi connectivity index (χ4n) is 3.19. The summed E-state index contributed by atoms with van der Waals surface area (Å²) in [5.41, 5.74) is -0.198. The van der Waals surface area contributed by atoms with Crippen molar-refractivity contribution in [2.45, 2.75) is 19.4 Å². The van der Waals surface area contributed by atoms with Gasteiger partial charge in [-0.2, -0.15) is 0 Å². The molecule has 162 valence electrons. The summed E-state index contributed by atoms with van der Waals surface area (Å²) in [4.78, 5) is 50.7. The first kappa shape index (κ1) is 22.6. The summed E-state index contributed by atoms with van der Waals surface area (Å²) in [7, 11) is 0. The Morgan fingerprint density at radius 3 is 2.52 bits per heavy atom. The summed E-state index contributed by atoms with van der Waals surface area (Å²) in [5, 5.41) is 8.43. The lowest BCUT2D eigenvalue weighted by Crippen LogP contribution is -2.42. The number of imide groups is 1. The van der Waals surface area contributed by atoms with E-state index in [1.165, 1.54) is 25.1 Å². The molecule has 0 aromatic heterocycles. The summed E-state index contributed by atoms with van der Waals surface area (Å²) < 4.78 is 0. The third-order valence-electron chi connectivity index (χ3n) is 4.82. The second-order valence-electron chi connectivity index (χ2n) is 7.06. The van der Waals surface area contributed by atoms with Gasteiger partial charge in [0.15, 0.2) is 0 Å². The van der Waals surface area contributed by atoms with E-state index in [2.05, 4.69) is 16.0 Å². The summed E-state index contributed by atoms with van der Waals surface area (Å²) in [6.45, 7) is 3.31. The average molecular weight is 463 g/mol. The molecule has 0 radical (unpaired) electrons. The van der Waals surface area contributed by atoms with Gasteiger partial charge in [-0.1, -0.05) is 35.3 Å². The van der Waals surface area contributed by atoms with E-state index in [1.807, 2.05) is 0 Å². The Morgan fingerprint density at radius 1 is 1.10 bits per heavy atom. The van der Waals surface area contributed by atoms with Gasteiger partial charge in [0.05, 0.1) is 10.0 Å². The highest BCUT2D eigenvalue weighted by Gasteiger charge is 2.49. The standard InChI is InChI=1S/C21H20Cl2N4O4/c1-3-24-18(29)12-5-4-6-14(9-12)25-17(28)11-27-19(30)21(2,26-20(27)31)13-7-8-15(22)16(23)10-13/h4-10H,3,11H2,1-2H3,(H,24,29)(H,25,28)(H,26,31). The van der Waals surface area contributed by atoms with E-state index < -0.39 is 29.9 Å². The van der Waals surface area contributed by atoms with Crippen LogP contribution in [0.15, 0.2) is 42.5 Å². The molecule has 31 heavy (non-hydrogen) atoms. The highest BCUT2D eigenvalue weighted by atomic mass is 35.5. The summed E-state index contributed by atoms with van der Waals surface area (Å²) >= 11 is 12.0. The predicted molar refractivity (Wildman–Crippen MR) is 117 cm³/mol. The normalized spacial score (nSPS) is 18.0. The molecule has 10 heteroatoms. The fourth-order valence-corrected chi connectivity index (χ4v) is 3.49. The molecule has 0 bridgehead atoms. The van der Waals surface area contributed by atoms with Crippen LogP contribution in [0.25, 0.3) is 0 Å². The maximum atomic E-state index is 13.0. The van der Waals surface area contributed by atoms with Gasteiger partial charge in [-0.05, 0) is 49.7 Å². The molecule has 8 nitrogen and oxygen atoms in total. The number of halogens is 2. The van der Waals surface area contributed by atoms with Crippen molar-refractivity contribution in [1.29, 1.82) is 0 Å². The van der Waals surface area contributed by atoms with Gasteiger partial charge < -0.3 is 16.0 Å². The molecular formula is C21H20Cl2N4O4. The molecule has 0 saturated carbocycles. The number of benzene rings is 2. The molecule has 3 N–H and O–H groups in total. The van der Waals surface area contributed by atoms with Crippen LogP contribution in [-0.2, 0) is 15.1 Å². The summed E-state index contributed by atoms with van der Waals surface area (Å²) in [6, 6.07) is 10.3. The number of urea groups is 1. The van der Waals surface area contributed by atoms with Gasteiger partial charge in [0, 0.05) is 17.8 Å². The van der Waals surface area contributed by atoms with Crippen LogP contribution in [0, 0.1) is 0 Å². The molecule has 0 spiro atoms. The van der Waals surface area contributed by atoms with E-state index in [9.17, 15) is 19.2 Å². The zero-order chi connectivity index (χ0) is 22.8. The van der Waals surface area contributed by atoms with Crippen molar-refractivity contribution in [3.63, 3.8) is 0 Å². The van der Waals surface area contributed by atoms with E-state index >= 15 is 0 Å². The smallest absolute Gasteiger partial charge is 0.325 e. The van der Waals surface area contributed by atoms with Gasteiger partial charge >= 0.3 is 6.03 Å². The molecule has 3 rings (SSSR count). The van der Waals surface area contributed by atoms with Gasteiger partial charge in [0.25, 0.3) is 11.8 Å². The van der Waals surface area contributed by atoms with Crippen molar-refractivity contribution >= 4 is 52.6 Å². The van der Waals surface area contributed by atoms with Crippen molar-refractivity contribution in [2.75, 3.05) is 18.4 Å². The van der Waals surface area contributed by atoms with E-state index in [1.54, 1.807) is 31.2 Å². The number of hydrogen-bond donors (Lipinski definition) is 3. The molecule has 1 atom stereocenters. The predicted octanol–water partition coefficient (Wildman–Crippen LogP) is 3.15. The van der Waals surface area contributed by atoms with Crippen molar-refractivity contribution in [3.05, 3.63) is 63.6 Å². The van der Waals surface area contributed by atoms with Gasteiger partial charge in [-0.25, -0.2) is 4.79 Å². The van der Waals surface area contributed by atoms with Gasteiger partial charge in [-0.15, -0.1) is 0 Å². The second kappa shape index (κ2) is 8.95. The minimum Gasteiger partial charge on any atom is -0.352 e. The molecule has 2 aromatic rings. The number of carbonyl (C=O) groups excluding carboxylic acids is 4. The molecule has 1 saturated heterocycles. The molecule has 1 aliphatic heterocycles. The average Bonchev–Trinajstić information content (AvgIpc) is 2.94. The number of anilines is 1. The number of carbonyl (C=O) groups is 4. The minimum absolute atomic E-state index is 0.241. The lowest BCUT2D eigenvalue weighted by atomic mass is 9.92. The van der Waals surface area contributed by atoms with E-state index in [4.69, 9.17) is 23.2 Å². The number of nitrogens with zero attached hydrogens (tertiary/aromatic N) is 1. The molecular weight excluding hydrogens is 443 g/mol. The van der Waals surface area contributed by atoms with Crippen molar-refractivity contribution in [3.8, 4) is 0 Å². The van der Waals surface area contributed by atoms with Crippen LogP contribution in [0.1, 0.15) is 29.8 Å². The molecule has 1 aliphatic rings. The van der Waals surface area contributed by atoms with Crippen molar-refractivity contribution < 1.29 is 19.2 Å². The van der Waals surface area contributed by atoms with Crippen LogP contribution in [0.3, 0.4) is 0 Å². The Labute approximate surface area is 188 Å². The summed E-state index contributed by atoms with van der Waals surface area (Å²) in [5.74, 6) is -1.46. The van der Waals surface area contributed by atoms with Crippen LogP contribution in [0.5, 0.6) is 0 Å². The molecule has 1 heterocycles. The molecule has 1 fully saturated rings. The van der Waals surface area contributed by atoms with E-state index in [0.717, 1.165) is 4.90 Å². The third kappa shape index (κ3) is 4.65. The quantitative estimate of drug-likeness (QED) is 0.572. The first-order valence-corrected chi connectivity index (χ1v) is 10.2. The van der Waals surface area contributed by atoms with Gasteiger partial charge in [0.2, 0.25) is 5.91 Å². The number of amides is 5. The van der Waals surface area contributed by atoms with Crippen LogP contribution < -0.4 is 16.0 Å². The van der Waals surface area contributed by atoms with E-state index in [0.29, 0.717) is 28.4 Å². The first-order valence-electron chi connectivity index (χ1n) is 9.43. The molecule has 0 aliphatic carbocycles. The zero-order valence-corrected chi connectivity index (χ0v) is 18.3. The largest absolute Gasteiger partial charge is 0.352 e. The van der Waals surface area contributed by atoms with E-state index in [-0.39, 0.29) is 10.9 Å². The molecule has 2 aromatic carbocycles. The highest BCUT2D eigenvalue weighted by Crippen LogP contribution is 2.33. The minimum atomic E-state index is -1.39. The Morgan fingerprint density at radius 2 is 1.84 bits per heavy atom. The fraction of sp³-hybridized carbons (Fsp3) is 0.238. The summed E-state index contributed by atoms with van der Waals surface area (Å²) in [6.07, 6.45) is 0. The first-order chi connectivity index (χ1) is 14.7. The maximum Gasteiger partial charge on any atom is 0.325 e. The van der Waals surface area contributed by atoms with Crippen molar-refractivity contribution in [1.82, 2.24) is 15.5 Å². The van der Waals surface area contributed by atoms with Gasteiger partial charge in [-0.3, -0.25) is 19.3 Å². The maximum absolute atomic E-state index is 13.0. The number of rotatable bonds is 6. The molecule has 1 unspecified atom stereocenters. The third-order valence-corrected chi connectivity index (χ3v) is 5.56. The van der Waals surface area contributed by atoms with Crippen LogP contribution in [-0.4, -0.2) is 41.7 Å². The van der Waals surface area contributed by atoms with Crippen molar-refractivity contribution in [2.24, 2.45) is 0 Å². The highest BCUT2D eigenvalue weighted by molar-refractivity contribution is 6.42. The Hall–Kier alpha value is -3.10. The SMILES string of the molecule is CCNC(=O)c1cccc(NC(=O)CN2C(=O)NC(C)(c3ccc(Cl)c(Cl)c3)C2=O)c1. The number of nitrogens with one attached hydrogen (secondary N) is 3. The Balaban J connectivity index is 1.73. The van der Waals surface area contributed by atoms with Gasteiger partial charge in [0.1, 0.15) is 12.1 Å². The molecule has 5 amide bonds. The topological polar surface area (TPSA) is 108 Å². The number of hydrogen-bond acceptors (Lipinski definition) is 4. The van der Waals surface area contributed by atoms with Crippen LogP contribution >= 0.6 is 23.2 Å². The lowest BCUT2D eigenvalue weighted by Gasteiger charge is -2.22. The zero-order valence-electron chi connectivity index (χ0n) is 16.8. The Kier molecular flexibility index (Phi) is 6.52. The monoisotopic (exact) mass is 462 g/mol. The Bertz CT molecular complexity index is 1080. The van der Waals surface area contributed by atoms with Crippen LogP contribution in [0.2, 0.25) is 10.0 Å². The van der Waals surface area contributed by atoms with Crippen LogP contribution in [0.4, 0.5) is 10.5 Å². The lowest BCUT2D eigenvalue weighted by molar-refractivity contribution is -0.133. The second-order valence-corrected chi connectivity index (χ2v) is 7.88.